The molecular formula is C24H34O10. The topological polar surface area (TPSA) is 152 Å². The fourth-order valence-corrected chi connectivity index (χ4v) is 6.65. The zero-order valence-electron chi connectivity index (χ0n) is 20.4. The van der Waals surface area contributed by atoms with Gasteiger partial charge in [0.25, 0.3) is 0 Å². The van der Waals surface area contributed by atoms with Gasteiger partial charge in [-0.15, -0.1) is 0 Å². The second kappa shape index (κ2) is 7.74. The lowest BCUT2D eigenvalue weighted by Crippen LogP contribution is -2.71. The second-order valence-corrected chi connectivity index (χ2v) is 10.8. The Hall–Kier alpha value is -2.01. The molecule has 190 valence electrons. The van der Waals surface area contributed by atoms with E-state index in [1.165, 1.54) is 27.7 Å². The third kappa shape index (κ3) is 3.26. The lowest BCUT2D eigenvalue weighted by molar-refractivity contribution is -0.271. The van der Waals surface area contributed by atoms with E-state index < -0.39 is 76.6 Å². The van der Waals surface area contributed by atoms with Crippen molar-refractivity contribution >= 4 is 17.9 Å². The molecule has 0 aromatic carbocycles. The van der Waals surface area contributed by atoms with Gasteiger partial charge in [-0.25, -0.2) is 4.79 Å². The standard InChI is InChI=1S/C24H34O10/c1-11-7-8-15(31-12(2)25)21(4)16(32-13(3)26)10-14(27)22(5,30)18(21)19(28)24-17(9-11)33-20(29)23(24,6)34-24/h9,14-19,27-28,30H,7-8,10H2,1-6H3/b11-9-/t14-,15+,16+,17+,18-,19+,21+,22+,23+,24+/m1/s1. The van der Waals surface area contributed by atoms with Crippen LogP contribution in [-0.4, -0.2) is 80.6 Å². The molecule has 2 aliphatic carbocycles. The smallest absolute Gasteiger partial charge is 0.342 e. The van der Waals surface area contributed by atoms with Gasteiger partial charge in [-0.1, -0.05) is 12.5 Å². The van der Waals surface area contributed by atoms with Crippen LogP contribution in [0.3, 0.4) is 0 Å². The minimum atomic E-state index is -1.92. The number of carbonyl (C=O) groups is 3. The van der Waals surface area contributed by atoms with Crippen molar-refractivity contribution in [3.8, 4) is 0 Å². The number of hydrogen-bond donors (Lipinski definition) is 3. The van der Waals surface area contributed by atoms with Gasteiger partial charge in [0.2, 0.25) is 0 Å². The molecule has 4 rings (SSSR count). The number of ether oxygens (including phenoxy) is 4. The number of carbonyl (C=O) groups excluding carboxylic acids is 3. The molecule has 0 bridgehead atoms. The van der Waals surface area contributed by atoms with Gasteiger partial charge >= 0.3 is 17.9 Å². The lowest BCUT2D eigenvalue weighted by atomic mass is 9.51. The molecule has 4 aliphatic rings. The molecular weight excluding hydrogens is 448 g/mol. The van der Waals surface area contributed by atoms with Crippen molar-refractivity contribution in [3.63, 3.8) is 0 Å². The summed E-state index contributed by atoms with van der Waals surface area (Å²) < 4.78 is 22.8. The number of esters is 3. The van der Waals surface area contributed by atoms with Crippen molar-refractivity contribution in [2.45, 2.75) is 108 Å². The van der Waals surface area contributed by atoms with Crippen LogP contribution in [0.2, 0.25) is 0 Å². The highest BCUT2D eigenvalue weighted by atomic mass is 16.7. The van der Waals surface area contributed by atoms with E-state index in [-0.39, 0.29) is 12.8 Å². The highest BCUT2D eigenvalue weighted by Gasteiger charge is 2.87. The molecule has 0 aromatic rings. The van der Waals surface area contributed by atoms with E-state index in [0.29, 0.717) is 6.42 Å². The molecule has 0 unspecified atom stereocenters. The fraction of sp³-hybridized carbons (Fsp3) is 0.792. The Labute approximate surface area is 198 Å². The van der Waals surface area contributed by atoms with Gasteiger partial charge in [0.1, 0.15) is 12.2 Å². The quantitative estimate of drug-likeness (QED) is 0.220. The molecule has 0 amide bonds. The van der Waals surface area contributed by atoms with Gasteiger partial charge in [0.15, 0.2) is 17.3 Å². The molecule has 1 saturated carbocycles. The molecule has 2 heterocycles. The van der Waals surface area contributed by atoms with E-state index in [4.69, 9.17) is 18.9 Å². The average Bonchev–Trinajstić information content (AvgIpc) is 3.30. The van der Waals surface area contributed by atoms with Crippen LogP contribution in [0.1, 0.15) is 60.8 Å². The largest absolute Gasteiger partial charge is 0.462 e. The van der Waals surface area contributed by atoms with Crippen LogP contribution in [0.25, 0.3) is 0 Å². The Balaban J connectivity index is 1.95. The minimum Gasteiger partial charge on any atom is -0.462 e. The lowest BCUT2D eigenvalue weighted by Gasteiger charge is -2.59. The summed E-state index contributed by atoms with van der Waals surface area (Å²) >= 11 is 0. The van der Waals surface area contributed by atoms with Crippen LogP contribution in [0.5, 0.6) is 0 Å². The van der Waals surface area contributed by atoms with E-state index in [9.17, 15) is 29.7 Å². The molecule has 2 aliphatic heterocycles. The number of hydrogen-bond acceptors (Lipinski definition) is 10. The molecule has 10 heteroatoms. The summed E-state index contributed by atoms with van der Waals surface area (Å²) in [7, 11) is 0. The van der Waals surface area contributed by atoms with E-state index >= 15 is 0 Å². The summed E-state index contributed by atoms with van der Waals surface area (Å²) in [5.41, 5.74) is -5.43. The summed E-state index contributed by atoms with van der Waals surface area (Å²) in [4.78, 5) is 36.9. The van der Waals surface area contributed by atoms with Crippen LogP contribution < -0.4 is 0 Å². The number of rotatable bonds is 2. The third-order valence-electron chi connectivity index (χ3n) is 8.53. The van der Waals surface area contributed by atoms with Crippen molar-refractivity contribution in [3.05, 3.63) is 11.6 Å². The van der Waals surface area contributed by atoms with E-state index in [2.05, 4.69) is 0 Å². The number of aliphatic hydroxyl groups excluding tert-OH is 2. The fourth-order valence-electron chi connectivity index (χ4n) is 6.65. The SMILES string of the molecule is CC(=O)O[C@H]1CC/C(C)=C\[C@@H]2OC(=O)[C@]3(C)O[C@]23[C@@H](O)[C@H]2[C@@](C)(O)[C@H](O)C[C@H](OC(C)=O)[C@]12C. The summed E-state index contributed by atoms with van der Waals surface area (Å²) in [6.45, 7) is 8.89. The maximum atomic E-state index is 12.7. The van der Waals surface area contributed by atoms with Gasteiger partial charge in [-0.05, 0) is 39.7 Å². The normalized spacial score (nSPS) is 51.6. The number of aliphatic hydroxyl groups is 3. The Kier molecular flexibility index (Phi) is 5.72. The molecule has 3 fully saturated rings. The van der Waals surface area contributed by atoms with Gasteiger partial charge in [-0.2, -0.15) is 0 Å². The monoisotopic (exact) mass is 482 g/mol. The predicted molar refractivity (Wildman–Crippen MR) is 115 cm³/mol. The Morgan fingerprint density at radius 2 is 1.68 bits per heavy atom. The zero-order chi connectivity index (χ0) is 25.4. The maximum absolute atomic E-state index is 12.7. The van der Waals surface area contributed by atoms with Crippen molar-refractivity contribution < 1.29 is 48.7 Å². The number of allylic oxidation sites excluding steroid dienone is 1. The third-order valence-corrected chi connectivity index (χ3v) is 8.53. The van der Waals surface area contributed by atoms with Crippen molar-refractivity contribution in [2.24, 2.45) is 11.3 Å². The van der Waals surface area contributed by atoms with Gasteiger partial charge in [0.05, 0.1) is 17.8 Å². The molecule has 10 atom stereocenters. The first-order chi connectivity index (χ1) is 15.6. The van der Waals surface area contributed by atoms with Crippen LogP contribution in [0.15, 0.2) is 11.6 Å². The first-order valence-corrected chi connectivity index (χ1v) is 11.6. The predicted octanol–water partition coefficient (Wildman–Crippen LogP) is 0.542. The zero-order valence-corrected chi connectivity index (χ0v) is 20.4. The Morgan fingerprint density at radius 3 is 2.24 bits per heavy atom. The summed E-state index contributed by atoms with van der Waals surface area (Å²) in [5.74, 6) is -3.06. The van der Waals surface area contributed by atoms with E-state index in [0.717, 1.165) is 5.57 Å². The first-order valence-electron chi connectivity index (χ1n) is 11.6. The molecule has 0 aromatic heterocycles. The van der Waals surface area contributed by atoms with Gasteiger partial charge < -0.3 is 34.3 Å². The van der Waals surface area contributed by atoms with Crippen molar-refractivity contribution in [1.82, 2.24) is 0 Å². The Morgan fingerprint density at radius 1 is 1.09 bits per heavy atom. The second-order valence-electron chi connectivity index (χ2n) is 10.8. The molecule has 0 radical (unpaired) electrons. The number of epoxide rings is 1. The molecule has 3 N–H and O–H groups in total. The molecule has 2 saturated heterocycles. The average molecular weight is 483 g/mol. The van der Waals surface area contributed by atoms with Crippen LogP contribution in [0.4, 0.5) is 0 Å². The molecule has 1 spiro atoms. The van der Waals surface area contributed by atoms with Gasteiger partial charge in [0, 0.05) is 31.6 Å². The Bertz CT molecular complexity index is 942. The molecule has 10 nitrogen and oxygen atoms in total. The maximum Gasteiger partial charge on any atom is 0.342 e. The highest BCUT2D eigenvalue weighted by molar-refractivity contribution is 5.88. The van der Waals surface area contributed by atoms with E-state index in [1.807, 2.05) is 6.92 Å². The van der Waals surface area contributed by atoms with Crippen LogP contribution in [-0.2, 0) is 33.3 Å². The molecule has 34 heavy (non-hydrogen) atoms. The van der Waals surface area contributed by atoms with Crippen molar-refractivity contribution in [2.75, 3.05) is 0 Å². The van der Waals surface area contributed by atoms with Crippen LogP contribution in [0, 0.1) is 11.3 Å². The minimum absolute atomic E-state index is 0.136. The number of fused-ring (bicyclic) bond motifs is 1. The summed E-state index contributed by atoms with van der Waals surface area (Å²) in [6.07, 6.45) is -3.46. The summed E-state index contributed by atoms with van der Waals surface area (Å²) in [6, 6.07) is 0. The summed E-state index contributed by atoms with van der Waals surface area (Å²) in [5, 5.41) is 34.5. The van der Waals surface area contributed by atoms with E-state index in [1.54, 1.807) is 13.0 Å². The van der Waals surface area contributed by atoms with Crippen LogP contribution >= 0.6 is 0 Å². The van der Waals surface area contributed by atoms with Gasteiger partial charge in [-0.3, -0.25) is 9.59 Å². The highest BCUT2D eigenvalue weighted by Crippen LogP contribution is 2.65. The first kappa shape index (κ1) is 25.1. The van der Waals surface area contributed by atoms with Crippen molar-refractivity contribution in [1.29, 1.82) is 0 Å².